The fraction of sp³-hybridized carbons (Fsp3) is 0.931. The van der Waals surface area contributed by atoms with Gasteiger partial charge in [-0.05, 0) is 109 Å². The fourth-order valence-corrected chi connectivity index (χ4v) is 9.38. The minimum atomic E-state index is -0.628. The zero-order chi connectivity index (χ0) is 22.6. The first kappa shape index (κ1) is 23.8. The van der Waals surface area contributed by atoms with Crippen molar-refractivity contribution in [2.24, 2.45) is 52.3 Å². The van der Waals surface area contributed by atoms with E-state index >= 15 is 0 Å². The Morgan fingerprint density at radius 3 is 2.39 bits per heavy atom. The lowest BCUT2D eigenvalue weighted by Gasteiger charge is -2.59. The van der Waals surface area contributed by atoms with Gasteiger partial charge in [0.05, 0.1) is 6.10 Å². The van der Waals surface area contributed by atoms with Gasteiger partial charge in [-0.1, -0.05) is 60.5 Å². The van der Waals surface area contributed by atoms with E-state index < -0.39 is 12.2 Å². The molecule has 0 saturated heterocycles. The Balaban J connectivity index is 1.49. The third kappa shape index (κ3) is 3.86. The molecule has 0 aromatic heterocycles. The molecule has 0 aromatic rings. The molecule has 3 fully saturated rings. The summed E-state index contributed by atoms with van der Waals surface area (Å²) in [7, 11) is 0. The molecule has 4 aliphatic rings. The molecule has 4 aliphatic carbocycles. The van der Waals surface area contributed by atoms with E-state index in [9.17, 15) is 10.2 Å². The third-order valence-corrected chi connectivity index (χ3v) is 11.4. The lowest BCUT2D eigenvalue weighted by Crippen LogP contribution is -2.53. The summed E-state index contributed by atoms with van der Waals surface area (Å²) in [6.07, 6.45) is 13.8. The van der Waals surface area contributed by atoms with Crippen molar-refractivity contribution in [3.8, 4) is 0 Å². The van der Waals surface area contributed by atoms with Crippen molar-refractivity contribution in [1.29, 1.82) is 0 Å². The lowest BCUT2D eigenvalue weighted by molar-refractivity contribution is -0.0802. The standard InChI is InChI=1S/C29H50O2/c1-7-20(18(2)3)9-8-19(4)22-12-13-23-21-10-11-25-27(31)26(30)15-17-29(25,6)24(21)14-16-28(22,23)5/h11,18-24,26-27,30-31H,7-10,12-17H2,1-6H3/t19-,20+,21+,22-,23+,24+,26+,27-,28-,29-/m1/s1. The van der Waals surface area contributed by atoms with Crippen LogP contribution in [0.1, 0.15) is 106 Å². The van der Waals surface area contributed by atoms with Gasteiger partial charge in [-0.25, -0.2) is 0 Å². The number of aliphatic hydroxyl groups is 2. The van der Waals surface area contributed by atoms with Gasteiger partial charge in [-0.15, -0.1) is 0 Å². The molecule has 0 heterocycles. The molecule has 0 bridgehead atoms. The monoisotopic (exact) mass is 430 g/mol. The van der Waals surface area contributed by atoms with Gasteiger partial charge in [0.2, 0.25) is 0 Å². The summed E-state index contributed by atoms with van der Waals surface area (Å²) < 4.78 is 0. The van der Waals surface area contributed by atoms with Crippen LogP contribution >= 0.6 is 0 Å². The number of allylic oxidation sites excluding steroid dienone is 1. The average molecular weight is 431 g/mol. The van der Waals surface area contributed by atoms with E-state index in [0.717, 1.165) is 54.8 Å². The van der Waals surface area contributed by atoms with E-state index in [-0.39, 0.29) is 5.41 Å². The van der Waals surface area contributed by atoms with Gasteiger partial charge in [0.1, 0.15) is 6.10 Å². The van der Waals surface area contributed by atoms with Crippen LogP contribution in [-0.4, -0.2) is 22.4 Å². The molecule has 2 N–H and O–H groups in total. The topological polar surface area (TPSA) is 40.5 Å². The van der Waals surface area contributed by atoms with Crippen molar-refractivity contribution in [3.63, 3.8) is 0 Å². The first-order valence-electron chi connectivity index (χ1n) is 13.7. The molecular formula is C29H50O2. The van der Waals surface area contributed by atoms with Crippen molar-refractivity contribution < 1.29 is 10.2 Å². The molecule has 178 valence electrons. The largest absolute Gasteiger partial charge is 0.390 e. The van der Waals surface area contributed by atoms with Crippen LogP contribution in [0.25, 0.3) is 0 Å². The Labute approximate surface area is 192 Å². The maximum absolute atomic E-state index is 10.7. The van der Waals surface area contributed by atoms with Crippen molar-refractivity contribution >= 4 is 0 Å². The molecule has 2 heteroatoms. The summed E-state index contributed by atoms with van der Waals surface area (Å²) >= 11 is 0. The summed E-state index contributed by atoms with van der Waals surface area (Å²) in [5.74, 6) is 5.77. The molecule has 0 unspecified atom stereocenters. The summed E-state index contributed by atoms with van der Waals surface area (Å²) in [4.78, 5) is 0. The van der Waals surface area contributed by atoms with E-state index in [4.69, 9.17) is 0 Å². The Morgan fingerprint density at radius 2 is 1.71 bits per heavy atom. The summed E-state index contributed by atoms with van der Waals surface area (Å²) in [6, 6.07) is 0. The van der Waals surface area contributed by atoms with Crippen molar-refractivity contribution in [3.05, 3.63) is 11.6 Å². The molecule has 2 nitrogen and oxygen atoms in total. The minimum Gasteiger partial charge on any atom is -0.390 e. The zero-order valence-corrected chi connectivity index (χ0v) is 21.2. The molecule has 0 radical (unpaired) electrons. The smallest absolute Gasteiger partial charge is 0.101 e. The SMILES string of the molecule is CC[C@@H](CC[C@@H](C)[C@H]1CC[C@H]2[C@@H]3CC=C4[C@@H](O)[C@@H](O)CC[C@]4(C)[C@H]3CC[C@]12C)C(C)C. The first-order valence-corrected chi connectivity index (χ1v) is 13.7. The molecule has 0 aromatic carbocycles. The zero-order valence-electron chi connectivity index (χ0n) is 21.2. The molecule has 4 rings (SSSR count). The molecular weight excluding hydrogens is 380 g/mol. The number of hydrogen-bond acceptors (Lipinski definition) is 2. The second kappa shape index (κ2) is 8.79. The van der Waals surface area contributed by atoms with Gasteiger partial charge in [0.25, 0.3) is 0 Å². The van der Waals surface area contributed by atoms with Gasteiger partial charge in [-0.2, -0.15) is 0 Å². The second-order valence-electron chi connectivity index (χ2n) is 12.9. The highest BCUT2D eigenvalue weighted by molar-refractivity contribution is 5.29. The fourth-order valence-electron chi connectivity index (χ4n) is 9.38. The number of rotatable bonds is 6. The highest BCUT2D eigenvalue weighted by Gasteiger charge is 2.60. The predicted molar refractivity (Wildman–Crippen MR) is 130 cm³/mol. The van der Waals surface area contributed by atoms with Crippen molar-refractivity contribution in [2.75, 3.05) is 0 Å². The summed E-state index contributed by atoms with van der Waals surface area (Å²) in [5.41, 5.74) is 1.80. The van der Waals surface area contributed by atoms with Crippen LogP contribution in [0.15, 0.2) is 11.6 Å². The first-order chi connectivity index (χ1) is 14.6. The summed E-state index contributed by atoms with van der Waals surface area (Å²) in [6.45, 7) is 14.8. The summed E-state index contributed by atoms with van der Waals surface area (Å²) in [5, 5.41) is 21.0. The molecule has 0 amide bonds. The van der Waals surface area contributed by atoms with E-state index in [2.05, 4.69) is 47.6 Å². The van der Waals surface area contributed by atoms with Crippen LogP contribution in [0.3, 0.4) is 0 Å². The van der Waals surface area contributed by atoms with E-state index in [1.807, 2.05) is 0 Å². The van der Waals surface area contributed by atoms with Gasteiger partial charge in [-0.3, -0.25) is 0 Å². The van der Waals surface area contributed by atoms with Crippen LogP contribution in [0.2, 0.25) is 0 Å². The van der Waals surface area contributed by atoms with Crippen LogP contribution < -0.4 is 0 Å². The van der Waals surface area contributed by atoms with Crippen LogP contribution in [0.4, 0.5) is 0 Å². The number of aliphatic hydroxyl groups excluding tert-OH is 2. The van der Waals surface area contributed by atoms with Gasteiger partial charge >= 0.3 is 0 Å². The number of fused-ring (bicyclic) bond motifs is 5. The molecule has 3 saturated carbocycles. The van der Waals surface area contributed by atoms with Crippen molar-refractivity contribution in [1.82, 2.24) is 0 Å². The van der Waals surface area contributed by atoms with E-state index in [0.29, 0.717) is 11.3 Å². The Kier molecular flexibility index (Phi) is 6.75. The van der Waals surface area contributed by atoms with Gasteiger partial charge in [0.15, 0.2) is 0 Å². The lowest BCUT2D eigenvalue weighted by atomic mass is 9.46. The maximum Gasteiger partial charge on any atom is 0.101 e. The van der Waals surface area contributed by atoms with E-state index in [1.165, 1.54) is 50.5 Å². The maximum atomic E-state index is 10.7. The quantitative estimate of drug-likeness (QED) is 0.446. The third-order valence-electron chi connectivity index (χ3n) is 11.4. The predicted octanol–water partition coefficient (Wildman–Crippen LogP) is 7.00. The van der Waals surface area contributed by atoms with Gasteiger partial charge in [0, 0.05) is 0 Å². The number of hydrogen-bond donors (Lipinski definition) is 2. The van der Waals surface area contributed by atoms with Crippen LogP contribution in [0.5, 0.6) is 0 Å². The average Bonchev–Trinajstić information content (AvgIpc) is 3.08. The second-order valence-corrected chi connectivity index (χ2v) is 12.9. The highest BCUT2D eigenvalue weighted by atomic mass is 16.3. The van der Waals surface area contributed by atoms with Crippen LogP contribution in [0, 0.1) is 52.3 Å². The Bertz CT molecular complexity index is 668. The van der Waals surface area contributed by atoms with Crippen LogP contribution in [-0.2, 0) is 0 Å². The molecule has 0 aliphatic heterocycles. The normalized spacial score (nSPS) is 46.7. The molecule has 10 atom stereocenters. The van der Waals surface area contributed by atoms with E-state index in [1.54, 1.807) is 0 Å². The van der Waals surface area contributed by atoms with Crippen molar-refractivity contribution in [2.45, 2.75) is 118 Å². The molecule has 0 spiro atoms. The molecule has 31 heavy (non-hydrogen) atoms. The highest BCUT2D eigenvalue weighted by Crippen LogP contribution is 2.67. The Morgan fingerprint density at radius 1 is 0.968 bits per heavy atom. The van der Waals surface area contributed by atoms with Gasteiger partial charge < -0.3 is 10.2 Å². The minimum absolute atomic E-state index is 0.109. The Hall–Kier alpha value is -0.340.